The largest absolute Gasteiger partial charge is 0.463 e. The Morgan fingerprint density at radius 1 is 0.889 bits per heavy atom. The molecule has 0 saturated carbocycles. The summed E-state index contributed by atoms with van der Waals surface area (Å²) in [4.78, 5) is 45.7. The van der Waals surface area contributed by atoms with Gasteiger partial charge in [0.1, 0.15) is 12.7 Å². The number of carbonyl (C=O) groups is 4. The molecule has 1 fully saturated rings. The first-order valence-corrected chi connectivity index (χ1v) is 8.30. The molecule has 1 rings (SSSR count). The molecule has 2 N–H and O–H groups in total. The number of nitrogens with one attached hydrogen (secondary N) is 2. The predicted octanol–water partition coefficient (Wildman–Crippen LogP) is -0.476. The van der Waals surface area contributed by atoms with Crippen molar-refractivity contribution in [2.24, 2.45) is 0 Å². The number of rotatable bonds is 6. The molecule has 152 valence electrons. The van der Waals surface area contributed by atoms with Crippen molar-refractivity contribution in [3.63, 3.8) is 0 Å². The SMILES string of the molecule is CC(=O)OC[C@H]1O[C@@H](NC(=N)S)[C@H](OC(C)=O)[C@@H](OC(C)=O)[C@H]1OC(C)=O. The molecule has 0 amide bonds. The molecule has 0 aliphatic carbocycles. The monoisotopic (exact) mass is 406 g/mol. The number of carbonyl (C=O) groups excluding carboxylic acids is 4. The summed E-state index contributed by atoms with van der Waals surface area (Å²) in [6.07, 6.45) is -6.04. The number of amidine groups is 1. The fourth-order valence-electron chi connectivity index (χ4n) is 2.48. The third kappa shape index (κ3) is 7.43. The summed E-state index contributed by atoms with van der Waals surface area (Å²) < 4.78 is 26.2. The summed E-state index contributed by atoms with van der Waals surface area (Å²) in [5.74, 6) is -2.79. The molecule has 0 aromatic carbocycles. The summed E-state index contributed by atoms with van der Waals surface area (Å²) >= 11 is 3.80. The minimum Gasteiger partial charge on any atom is -0.463 e. The van der Waals surface area contributed by atoms with E-state index < -0.39 is 54.5 Å². The average Bonchev–Trinajstić information content (AvgIpc) is 2.49. The number of ether oxygens (including phenoxy) is 5. The van der Waals surface area contributed by atoms with Crippen LogP contribution in [0.3, 0.4) is 0 Å². The van der Waals surface area contributed by atoms with Crippen LogP contribution in [0.5, 0.6) is 0 Å². The van der Waals surface area contributed by atoms with Crippen molar-refractivity contribution < 1.29 is 42.9 Å². The minimum atomic E-state index is -1.28. The van der Waals surface area contributed by atoms with E-state index in [4.69, 9.17) is 29.1 Å². The molecule has 1 aliphatic rings. The van der Waals surface area contributed by atoms with E-state index in [-0.39, 0.29) is 11.8 Å². The van der Waals surface area contributed by atoms with Gasteiger partial charge in [-0.25, -0.2) is 0 Å². The number of hydrogen-bond donors (Lipinski definition) is 3. The zero-order valence-corrected chi connectivity index (χ0v) is 16.1. The lowest BCUT2D eigenvalue weighted by Crippen LogP contribution is -2.65. The van der Waals surface area contributed by atoms with E-state index in [0.717, 1.165) is 20.8 Å². The molecule has 1 saturated heterocycles. The van der Waals surface area contributed by atoms with Gasteiger partial charge in [0.15, 0.2) is 29.7 Å². The van der Waals surface area contributed by atoms with Gasteiger partial charge in [-0.3, -0.25) is 24.6 Å². The van der Waals surface area contributed by atoms with Gasteiger partial charge in [-0.05, 0) is 0 Å². The molecular formula is C15H22N2O9S. The van der Waals surface area contributed by atoms with Crippen LogP contribution in [0.2, 0.25) is 0 Å². The van der Waals surface area contributed by atoms with Crippen LogP contribution in [0.25, 0.3) is 0 Å². The average molecular weight is 406 g/mol. The Hall–Kier alpha value is -2.34. The topological polar surface area (TPSA) is 150 Å². The Morgan fingerprint density at radius 3 is 1.81 bits per heavy atom. The van der Waals surface area contributed by atoms with Crippen LogP contribution in [-0.2, 0) is 42.9 Å². The summed E-state index contributed by atoms with van der Waals surface area (Å²) in [6.45, 7) is 4.21. The Kier molecular flexibility index (Phi) is 8.50. The summed E-state index contributed by atoms with van der Waals surface area (Å²) in [6, 6.07) is 0. The Bertz CT molecular complexity index is 612. The second-order valence-corrected chi connectivity index (χ2v) is 6.06. The smallest absolute Gasteiger partial charge is 0.303 e. The van der Waals surface area contributed by atoms with Crippen LogP contribution in [0, 0.1) is 5.41 Å². The summed E-state index contributed by atoms with van der Waals surface area (Å²) in [5, 5.41) is 9.65. The maximum absolute atomic E-state index is 11.6. The molecule has 0 unspecified atom stereocenters. The molecule has 0 radical (unpaired) electrons. The van der Waals surface area contributed by atoms with E-state index >= 15 is 0 Å². The molecule has 27 heavy (non-hydrogen) atoms. The third-order valence-electron chi connectivity index (χ3n) is 3.27. The predicted molar refractivity (Wildman–Crippen MR) is 91.8 cm³/mol. The zero-order valence-electron chi connectivity index (χ0n) is 15.2. The van der Waals surface area contributed by atoms with Crippen LogP contribution < -0.4 is 5.32 Å². The molecule has 0 bridgehead atoms. The van der Waals surface area contributed by atoms with Gasteiger partial charge < -0.3 is 29.0 Å². The summed E-state index contributed by atoms with van der Waals surface area (Å²) in [7, 11) is 0. The van der Waals surface area contributed by atoms with E-state index in [1.165, 1.54) is 6.92 Å². The van der Waals surface area contributed by atoms with Crippen LogP contribution in [0.1, 0.15) is 27.7 Å². The van der Waals surface area contributed by atoms with Gasteiger partial charge in [-0.2, -0.15) is 0 Å². The fraction of sp³-hybridized carbons (Fsp3) is 0.667. The van der Waals surface area contributed by atoms with Crippen molar-refractivity contribution in [3.05, 3.63) is 0 Å². The molecule has 0 aromatic heterocycles. The molecule has 5 atom stereocenters. The fourth-order valence-corrected chi connectivity index (χ4v) is 2.61. The Labute approximate surface area is 160 Å². The Balaban J connectivity index is 3.29. The van der Waals surface area contributed by atoms with Crippen molar-refractivity contribution in [2.75, 3.05) is 6.61 Å². The highest BCUT2D eigenvalue weighted by molar-refractivity contribution is 7.96. The first kappa shape index (κ1) is 22.7. The van der Waals surface area contributed by atoms with E-state index in [9.17, 15) is 19.2 Å². The lowest BCUT2D eigenvalue weighted by atomic mass is 9.97. The molecule has 0 aromatic rings. The van der Waals surface area contributed by atoms with Crippen molar-refractivity contribution in [1.82, 2.24) is 5.32 Å². The van der Waals surface area contributed by atoms with Crippen molar-refractivity contribution >= 4 is 41.7 Å². The van der Waals surface area contributed by atoms with Crippen LogP contribution in [0.4, 0.5) is 0 Å². The molecule has 12 heteroatoms. The van der Waals surface area contributed by atoms with Gasteiger partial charge in [-0.15, -0.1) is 12.6 Å². The maximum Gasteiger partial charge on any atom is 0.303 e. The molecule has 1 heterocycles. The second-order valence-electron chi connectivity index (χ2n) is 5.61. The highest BCUT2D eigenvalue weighted by atomic mass is 32.1. The van der Waals surface area contributed by atoms with E-state index in [1.54, 1.807) is 0 Å². The number of hydrogen-bond acceptors (Lipinski definition) is 10. The van der Waals surface area contributed by atoms with Gasteiger partial charge in [-0.1, -0.05) is 0 Å². The molecule has 1 aliphatic heterocycles. The van der Waals surface area contributed by atoms with Crippen LogP contribution in [0.15, 0.2) is 0 Å². The molecule has 0 spiro atoms. The molecular weight excluding hydrogens is 384 g/mol. The number of esters is 4. The second kappa shape index (κ2) is 10.1. The minimum absolute atomic E-state index is 0.323. The third-order valence-corrected chi connectivity index (χ3v) is 3.40. The van der Waals surface area contributed by atoms with Crippen molar-refractivity contribution in [2.45, 2.75) is 58.3 Å². The van der Waals surface area contributed by atoms with Gasteiger partial charge in [0, 0.05) is 27.7 Å². The highest BCUT2D eigenvalue weighted by Gasteiger charge is 2.52. The van der Waals surface area contributed by atoms with E-state index in [2.05, 4.69) is 17.9 Å². The van der Waals surface area contributed by atoms with Crippen molar-refractivity contribution in [1.29, 1.82) is 5.41 Å². The van der Waals surface area contributed by atoms with Gasteiger partial charge >= 0.3 is 23.9 Å². The quantitative estimate of drug-likeness (QED) is 0.173. The van der Waals surface area contributed by atoms with Crippen LogP contribution in [-0.4, -0.2) is 66.3 Å². The van der Waals surface area contributed by atoms with Gasteiger partial charge in [0.25, 0.3) is 0 Å². The van der Waals surface area contributed by atoms with E-state index in [0.29, 0.717) is 0 Å². The standard InChI is InChI=1S/C15H22N2O9S/c1-6(18)22-5-10-11(23-7(2)19)12(24-8(3)20)13(25-9(4)21)14(26-10)17-15(16)27/h10-14H,5H2,1-4H3,(H3,16,17,27)/t10-,11+,12+,13-,14-/m1/s1. The zero-order chi connectivity index (χ0) is 20.7. The van der Waals surface area contributed by atoms with Gasteiger partial charge in [0.2, 0.25) is 0 Å². The number of thiol groups is 1. The summed E-state index contributed by atoms with van der Waals surface area (Å²) in [5.41, 5.74) is 0. The maximum atomic E-state index is 11.6. The lowest BCUT2D eigenvalue weighted by Gasteiger charge is -2.44. The lowest BCUT2D eigenvalue weighted by molar-refractivity contribution is -0.254. The van der Waals surface area contributed by atoms with Crippen molar-refractivity contribution in [3.8, 4) is 0 Å². The van der Waals surface area contributed by atoms with Gasteiger partial charge in [0.05, 0.1) is 0 Å². The van der Waals surface area contributed by atoms with E-state index in [1.807, 2.05) is 0 Å². The normalized spacial score (nSPS) is 27.1. The Morgan fingerprint density at radius 2 is 1.37 bits per heavy atom. The first-order chi connectivity index (χ1) is 12.5. The molecule has 11 nitrogen and oxygen atoms in total. The van der Waals surface area contributed by atoms with Crippen LogP contribution >= 0.6 is 12.6 Å². The first-order valence-electron chi connectivity index (χ1n) is 7.85. The highest BCUT2D eigenvalue weighted by Crippen LogP contribution is 2.28.